The first-order chi connectivity index (χ1) is 18.8. The van der Waals surface area contributed by atoms with Gasteiger partial charge in [-0.25, -0.2) is 4.98 Å². The molecule has 0 N–H and O–H groups in total. The fourth-order valence-electron chi connectivity index (χ4n) is 4.80. The van der Waals surface area contributed by atoms with Crippen molar-refractivity contribution in [2.24, 2.45) is 5.10 Å². The lowest BCUT2D eigenvalue weighted by Crippen LogP contribution is -2.25. The van der Waals surface area contributed by atoms with Crippen molar-refractivity contribution in [3.63, 3.8) is 0 Å². The van der Waals surface area contributed by atoms with Crippen LogP contribution in [0.2, 0.25) is 0 Å². The van der Waals surface area contributed by atoms with Gasteiger partial charge in [-0.05, 0) is 55.3 Å². The Morgan fingerprint density at radius 3 is 2.46 bits per heavy atom. The topological polar surface area (TPSA) is 65.7 Å². The summed E-state index contributed by atoms with van der Waals surface area (Å²) in [6.45, 7) is 0.311. The van der Waals surface area contributed by atoms with Gasteiger partial charge in [-0.15, -0.1) is 0 Å². The molecule has 0 radical (unpaired) electrons. The molecule has 0 aliphatic heterocycles. The zero-order valence-corrected chi connectivity index (χ0v) is 27.4. The van der Waals surface area contributed by atoms with E-state index in [9.17, 15) is 4.79 Å². The lowest BCUT2D eigenvalue weighted by molar-refractivity contribution is 0.283. The van der Waals surface area contributed by atoms with Crippen LogP contribution in [-0.2, 0) is 6.61 Å². The Morgan fingerprint density at radius 1 is 0.974 bits per heavy atom. The van der Waals surface area contributed by atoms with Gasteiger partial charge in [-0.3, -0.25) is 4.79 Å². The number of nitrogens with zero attached hydrogens (tertiary/aromatic N) is 3. The van der Waals surface area contributed by atoms with Crippen LogP contribution in [0, 0.1) is 0 Å². The summed E-state index contributed by atoms with van der Waals surface area (Å²) in [7, 11) is 1.60. The molecule has 10 heteroatoms. The Balaban J connectivity index is 1.58. The molecule has 202 valence electrons. The predicted octanol–water partition coefficient (Wildman–Crippen LogP) is 8.96. The minimum Gasteiger partial charge on any atom is -0.493 e. The number of methoxy groups -OCH3 is 1. The van der Waals surface area contributed by atoms with E-state index in [0.717, 1.165) is 49.1 Å². The normalized spacial score (nSPS) is 14.3. The van der Waals surface area contributed by atoms with Gasteiger partial charge in [0.1, 0.15) is 12.4 Å². The van der Waals surface area contributed by atoms with Gasteiger partial charge in [0, 0.05) is 34.9 Å². The Hall–Kier alpha value is -2.01. The molecule has 0 bridgehead atoms. The second-order valence-electron chi connectivity index (χ2n) is 9.38. The summed E-state index contributed by atoms with van der Waals surface area (Å²) >= 11 is 14.1. The summed E-state index contributed by atoms with van der Waals surface area (Å²) in [5, 5.41) is 5.24. The first-order valence-electron chi connectivity index (χ1n) is 12.5. The van der Waals surface area contributed by atoms with Gasteiger partial charge in [0.05, 0.1) is 24.2 Å². The molecule has 0 atom stereocenters. The van der Waals surface area contributed by atoms with Crippen LogP contribution in [0.4, 0.5) is 0 Å². The minimum atomic E-state index is -0.193. The van der Waals surface area contributed by atoms with Crippen molar-refractivity contribution >= 4 is 80.8 Å². The van der Waals surface area contributed by atoms with E-state index in [2.05, 4.69) is 63.7 Å². The molecule has 3 aromatic carbocycles. The average molecular weight is 783 g/mol. The van der Waals surface area contributed by atoms with E-state index in [1.807, 2.05) is 42.5 Å². The van der Waals surface area contributed by atoms with Crippen LogP contribution in [-0.4, -0.2) is 23.0 Å². The van der Waals surface area contributed by atoms with Gasteiger partial charge in [-0.2, -0.15) is 9.78 Å². The van der Waals surface area contributed by atoms with E-state index >= 15 is 0 Å². The second kappa shape index (κ2) is 12.7. The summed E-state index contributed by atoms with van der Waals surface area (Å²) in [4.78, 5) is 18.7. The summed E-state index contributed by atoms with van der Waals surface area (Å²) < 4.78 is 16.9. The molecule has 6 nitrogen and oxygen atoms in total. The van der Waals surface area contributed by atoms with E-state index in [-0.39, 0.29) is 11.5 Å². The van der Waals surface area contributed by atoms with Gasteiger partial charge in [0.2, 0.25) is 0 Å². The molecule has 39 heavy (non-hydrogen) atoms. The van der Waals surface area contributed by atoms with Gasteiger partial charge < -0.3 is 9.47 Å². The molecule has 5 rings (SSSR count). The molecule has 1 aliphatic rings. The second-order valence-corrected chi connectivity index (χ2v) is 13.0. The van der Waals surface area contributed by atoms with Crippen LogP contribution in [0.25, 0.3) is 10.9 Å². The van der Waals surface area contributed by atoms with Crippen molar-refractivity contribution in [2.45, 2.75) is 44.6 Å². The maximum absolute atomic E-state index is 13.7. The maximum atomic E-state index is 13.7. The van der Waals surface area contributed by atoms with Crippen molar-refractivity contribution < 1.29 is 9.47 Å². The first-order valence-corrected chi connectivity index (χ1v) is 15.7. The van der Waals surface area contributed by atoms with E-state index in [1.165, 1.54) is 11.1 Å². The number of rotatable bonds is 7. The number of hydrogen-bond acceptors (Lipinski definition) is 5. The standard InChI is InChI=1S/C29H25Br4N3O3/c1-38-26-14-22(32)11-19(27(26)39-16-18-7-8-21(31)13-24(18)33)15-34-36-28(17-5-3-2-4-6-17)35-25-10-9-20(30)12-23(25)29(36)37/h7-15,17H,2-6,16H2,1H3. The maximum Gasteiger partial charge on any atom is 0.282 e. The van der Waals surface area contributed by atoms with Crippen LogP contribution in [0.15, 0.2) is 76.3 Å². The summed E-state index contributed by atoms with van der Waals surface area (Å²) in [6.07, 6.45) is 7.08. The molecule has 0 saturated heterocycles. The van der Waals surface area contributed by atoms with Crippen molar-refractivity contribution in [3.8, 4) is 11.5 Å². The number of fused-ring (bicyclic) bond motifs is 1. The van der Waals surface area contributed by atoms with Crippen molar-refractivity contribution in [3.05, 3.63) is 93.7 Å². The molecule has 0 unspecified atom stereocenters. The highest BCUT2D eigenvalue weighted by atomic mass is 79.9. The number of hydrogen-bond donors (Lipinski definition) is 0. The zero-order valence-electron chi connectivity index (χ0n) is 21.1. The van der Waals surface area contributed by atoms with Gasteiger partial charge in [0.25, 0.3) is 5.56 Å². The molecule has 1 aromatic heterocycles. The number of benzene rings is 3. The third-order valence-corrected chi connectivity index (χ3v) is 8.95. The zero-order chi connectivity index (χ0) is 27.5. The van der Waals surface area contributed by atoms with Crippen molar-refractivity contribution in [1.82, 2.24) is 9.66 Å². The van der Waals surface area contributed by atoms with E-state index in [1.54, 1.807) is 19.4 Å². The average Bonchev–Trinajstić information content (AvgIpc) is 2.93. The number of ether oxygens (including phenoxy) is 2. The van der Waals surface area contributed by atoms with Crippen LogP contribution >= 0.6 is 63.7 Å². The lowest BCUT2D eigenvalue weighted by Gasteiger charge is -2.23. The van der Waals surface area contributed by atoms with E-state index in [0.29, 0.717) is 40.4 Å². The summed E-state index contributed by atoms with van der Waals surface area (Å²) in [5.41, 5.74) is 2.14. The van der Waals surface area contributed by atoms with Crippen molar-refractivity contribution in [2.75, 3.05) is 7.11 Å². The Kier molecular flexibility index (Phi) is 9.26. The Morgan fingerprint density at radius 2 is 1.72 bits per heavy atom. The molecule has 1 aliphatic carbocycles. The lowest BCUT2D eigenvalue weighted by atomic mass is 9.88. The van der Waals surface area contributed by atoms with Crippen LogP contribution < -0.4 is 15.0 Å². The van der Waals surface area contributed by atoms with Gasteiger partial charge >= 0.3 is 0 Å². The largest absolute Gasteiger partial charge is 0.493 e. The molecule has 4 aromatic rings. The molecule has 0 amide bonds. The highest BCUT2D eigenvalue weighted by Gasteiger charge is 2.23. The van der Waals surface area contributed by atoms with Crippen LogP contribution in [0.5, 0.6) is 11.5 Å². The van der Waals surface area contributed by atoms with E-state index in [4.69, 9.17) is 19.6 Å². The minimum absolute atomic E-state index is 0.180. The van der Waals surface area contributed by atoms with Gasteiger partial charge in [0.15, 0.2) is 11.5 Å². The van der Waals surface area contributed by atoms with Crippen molar-refractivity contribution in [1.29, 1.82) is 0 Å². The summed E-state index contributed by atoms with van der Waals surface area (Å²) in [6, 6.07) is 15.3. The number of aromatic nitrogens is 2. The SMILES string of the molecule is COc1cc(Br)cc(C=Nn2c(C3CCCCC3)nc3ccc(Br)cc3c2=O)c1OCc1ccc(Br)cc1Br. The van der Waals surface area contributed by atoms with Crippen LogP contribution in [0.1, 0.15) is 55.0 Å². The third-order valence-electron chi connectivity index (χ3n) is 6.77. The quantitative estimate of drug-likeness (QED) is 0.176. The molecule has 0 spiro atoms. The monoisotopic (exact) mass is 779 g/mol. The number of halogens is 4. The first kappa shape index (κ1) is 28.5. The smallest absolute Gasteiger partial charge is 0.282 e. The predicted molar refractivity (Wildman–Crippen MR) is 169 cm³/mol. The highest BCUT2D eigenvalue weighted by Crippen LogP contribution is 2.36. The van der Waals surface area contributed by atoms with Crippen LogP contribution in [0.3, 0.4) is 0 Å². The fourth-order valence-corrected chi connectivity index (χ4v) is 6.78. The molecule has 1 saturated carbocycles. The molecular weight excluding hydrogens is 758 g/mol. The molecular formula is C29H25Br4N3O3. The fraction of sp³-hybridized carbons (Fsp3) is 0.276. The Bertz CT molecular complexity index is 1610. The van der Waals surface area contributed by atoms with Gasteiger partial charge in [-0.1, -0.05) is 89.0 Å². The third kappa shape index (κ3) is 6.50. The highest BCUT2D eigenvalue weighted by molar-refractivity contribution is 9.11. The molecule has 1 fully saturated rings. The Labute approximate surface area is 260 Å². The molecule has 1 heterocycles. The van der Waals surface area contributed by atoms with E-state index < -0.39 is 0 Å². The summed E-state index contributed by atoms with van der Waals surface area (Å²) in [5.74, 6) is 1.97.